The monoisotopic (exact) mass is 336 g/mol. The molecule has 3 rings (SSSR count). The van der Waals surface area contributed by atoms with Crippen LogP contribution >= 0.6 is 23.1 Å². The highest BCUT2D eigenvalue weighted by molar-refractivity contribution is 7.99. The van der Waals surface area contributed by atoms with Gasteiger partial charge in [-0.2, -0.15) is 5.10 Å². The summed E-state index contributed by atoms with van der Waals surface area (Å²) in [6.45, 7) is 2.08. The second-order valence-electron chi connectivity index (χ2n) is 4.23. The molecule has 0 amide bonds. The number of nitrogens with one attached hydrogen (secondary N) is 1. The van der Waals surface area contributed by atoms with Gasteiger partial charge >= 0.3 is 5.97 Å². The summed E-state index contributed by atoms with van der Waals surface area (Å²) in [6, 6.07) is 5.56. The quantitative estimate of drug-likeness (QED) is 0.564. The summed E-state index contributed by atoms with van der Waals surface area (Å²) in [7, 11) is 0. The molecule has 0 saturated carbocycles. The third kappa shape index (κ3) is 2.90. The minimum atomic E-state index is -0.334. The van der Waals surface area contributed by atoms with Gasteiger partial charge in [-0.15, -0.1) is 16.4 Å². The van der Waals surface area contributed by atoms with Gasteiger partial charge in [-0.25, -0.2) is 9.61 Å². The molecule has 3 heterocycles. The summed E-state index contributed by atoms with van der Waals surface area (Å²) in [5.74, 6) is -0.227. The van der Waals surface area contributed by atoms with E-state index in [1.54, 1.807) is 13.0 Å². The Balaban J connectivity index is 1.96. The number of aromatic nitrogens is 4. The molecule has 7 nitrogen and oxygen atoms in total. The van der Waals surface area contributed by atoms with Gasteiger partial charge in [0.05, 0.1) is 17.2 Å². The number of esters is 1. The van der Waals surface area contributed by atoms with Crippen LogP contribution in [0.1, 0.15) is 6.92 Å². The van der Waals surface area contributed by atoms with Crippen molar-refractivity contribution < 1.29 is 9.53 Å². The molecular formula is C13H12N4O3S2. The second kappa shape index (κ2) is 6.32. The van der Waals surface area contributed by atoms with E-state index >= 15 is 0 Å². The maximum Gasteiger partial charge on any atom is 0.316 e. The first-order chi connectivity index (χ1) is 10.7. The molecule has 1 N–H and O–H groups in total. The Morgan fingerprint density at radius 2 is 2.41 bits per heavy atom. The zero-order chi connectivity index (χ0) is 15.5. The number of thioether (sulfide) groups is 1. The van der Waals surface area contributed by atoms with E-state index in [0.29, 0.717) is 23.0 Å². The third-order valence-electron chi connectivity index (χ3n) is 2.77. The van der Waals surface area contributed by atoms with Gasteiger partial charge in [-0.05, 0) is 24.4 Å². The van der Waals surface area contributed by atoms with E-state index in [-0.39, 0.29) is 17.3 Å². The minimum absolute atomic E-state index is 0.107. The fourth-order valence-corrected chi connectivity index (χ4v) is 3.24. The van der Waals surface area contributed by atoms with Crippen molar-refractivity contribution in [3.8, 4) is 10.6 Å². The van der Waals surface area contributed by atoms with Crippen LogP contribution in [0.15, 0.2) is 33.5 Å². The largest absolute Gasteiger partial charge is 0.465 e. The zero-order valence-electron chi connectivity index (χ0n) is 11.6. The smallest absolute Gasteiger partial charge is 0.316 e. The molecule has 3 aromatic rings. The van der Waals surface area contributed by atoms with E-state index in [9.17, 15) is 9.59 Å². The summed E-state index contributed by atoms with van der Waals surface area (Å²) in [5, 5.41) is 13.2. The van der Waals surface area contributed by atoms with Crippen LogP contribution in [0.3, 0.4) is 0 Å². The average Bonchev–Trinajstić information content (AvgIpc) is 3.16. The summed E-state index contributed by atoms with van der Waals surface area (Å²) in [4.78, 5) is 24.3. The van der Waals surface area contributed by atoms with Crippen LogP contribution in [0.25, 0.3) is 16.1 Å². The average molecular weight is 336 g/mol. The van der Waals surface area contributed by atoms with E-state index in [1.807, 2.05) is 17.5 Å². The number of H-pyrrole nitrogens is 1. The van der Waals surface area contributed by atoms with E-state index in [4.69, 9.17) is 4.74 Å². The molecular weight excluding hydrogens is 324 g/mol. The zero-order valence-corrected chi connectivity index (χ0v) is 13.2. The number of fused-ring (bicyclic) bond motifs is 1. The Hall–Kier alpha value is -2.13. The Labute approximate surface area is 133 Å². The molecule has 0 fully saturated rings. The van der Waals surface area contributed by atoms with Crippen LogP contribution < -0.4 is 5.56 Å². The van der Waals surface area contributed by atoms with Crippen LogP contribution in [0.5, 0.6) is 0 Å². The summed E-state index contributed by atoms with van der Waals surface area (Å²) in [5.41, 5.74) is 0.770. The Morgan fingerprint density at radius 3 is 3.14 bits per heavy atom. The third-order valence-corrected chi connectivity index (χ3v) is 4.57. The molecule has 0 unspecified atom stereocenters. The number of thiophene rings is 1. The van der Waals surface area contributed by atoms with Crippen LogP contribution in [-0.2, 0) is 9.53 Å². The first kappa shape index (κ1) is 14.8. The molecule has 0 spiro atoms. The van der Waals surface area contributed by atoms with E-state index in [0.717, 1.165) is 4.88 Å². The standard InChI is InChI=1S/C13H12N4O3S2/c1-2-20-11(18)7-22-13-15-14-12(19)9-6-8(16-17(9)13)10-4-3-5-21-10/h3-6H,2,7H2,1H3,(H,14,19). The minimum Gasteiger partial charge on any atom is -0.465 e. The lowest BCUT2D eigenvalue weighted by Gasteiger charge is -2.02. The fourth-order valence-electron chi connectivity index (χ4n) is 1.86. The normalized spacial score (nSPS) is 11.0. The number of carbonyl (C=O) groups excluding carboxylic acids is 1. The lowest BCUT2D eigenvalue weighted by atomic mass is 10.3. The highest BCUT2D eigenvalue weighted by Gasteiger charge is 2.14. The van der Waals surface area contributed by atoms with Crippen LogP contribution in [-0.4, -0.2) is 38.1 Å². The van der Waals surface area contributed by atoms with Crippen LogP contribution in [0, 0.1) is 0 Å². The van der Waals surface area contributed by atoms with Crippen molar-refractivity contribution in [2.24, 2.45) is 0 Å². The van der Waals surface area contributed by atoms with Crippen molar-refractivity contribution in [2.75, 3.05) is 12.4 Å². The molecule has 114 valence electrons. The highest BCUT2D eigenvalue weighted by atomic mass is 32.2. The molecule has 0 aliphatic rings. The second-order valence-corrected chi connectivity index (χ2v) is 6.12. The Kier molecular flexibility index (Phi) is 4.25. The Morgan fingerprint density at radius 1 is 1.55 bits per heavy atom. The number of hydrogen-bond donors (Lipinski definition) is 1. The SMILES string of the molecule is CCOC(=O)CSc1n[nH]c(=O)c2cc(-c3cccs3)nn12. The predicted molar refractivity (Wildman–Crippen MR) is 84.3 cm³/mol. The van der Waals surface area contributed by atoms with Crippen molar-refractivity contribution in [1.29, 1.82) is 0 Å². The number of rotatable bonds is 5. The molecule has 0 bridgehead atoms. The fraction of sp³-hybridized carbons (Fsp3) is 0.231. The summed E-state index contributed by atoms with van der Waals surface area (Å²) >= 11 is 2.70. The molecule has 0 atom stereocenters. The highest BCUT2D eigenvalue weighted by Crippen LogP contribution is 2.25. The maximum absolute atomic E-state index is 11.9. The van der Waals surface area contributed by atoms with Gasteiger partial charge in [0.2, 0.25) is 5.16 Å². The van der Waals surface area contributed by atoms with Gasteiger partial charge in [0, 0.05) is 0 Å². The van der Waals surface area contributed by atoms with Gasteiger partial charge in [0.25, 0.3) is 5.56 Å². The number of aromatic amines is 1. The number of nitrogens with zero attached hydrogens (tertiary/aromatic N) is 3. The number of ether oxygens (including phenoxy) is 1. The molecule has 0 aliphatic carbocycles. The van der Waals surface area contributed by atoms with Gasteiger partial charge in [0.15, 0.2) is 0 Å². The molecule has 9 heteroatoms. The predicted octanol–water partition coefficient (Wildman–Crippen LogP) is 1.80. The summed E-state index contributed by atoms with van der Waals surface area (Å²) in [6.07, 6.45) is 0. The number of hydrogen-bond acceptors (Lipinski definition) is 7. The number of carbonyl (C=O) groups is 1. The van der Waals surface area contributed by atoms with Gasteiger partial charge in [-0.1, -0.05) is 17.8 Å². The first-order valence-electron chi connectivity index (χ1n) is 6.50. The molecule has 0 aliphatic heterocycles. The van der Waals surface area contributed by atoms with Crippen LogP contribution in [0.2, 0.25) is 0 Å². The van der Waals surface area contributed by atoms with Gasteiger partial charge < -0.3 is 4.74 Å². The topological polar surface area (TPSA) is 89.3 Å². The molecule has 0 aromatic carbocycles. The molecule has 22 heavy (non-hydrogen) atoms. The lowest BCUT2D eigenvalue weighted by Crippen LogP contribution is -2.15. The van der Waals surface area contributed by atoms with E-state index in [1.165, 1.54) is 27.6 Å². The van der Waals surface area contributed by atoms with Gasteiger partial charge in [-0.3, -0.25) is 9.59 Å². The lowest BCUT2D eigenvalue weighted by molar-refractivity contribution is -0.139. The van der Waals surface area contributed by atoms with Crippen LogP contribution in [0.4, 0.5) is 0 Å². The van der Waals surface area contributed by atoms with E-state index < -0.39 is 0 Å². The molecule has 0 radical (unpaired) electrons. The Bertz CT molecular complexity index is 854. The maximum atomic E-state index is 11.9. The van der Waals surface area contributed by atoms with Crippen molar-refractivity contribution in [3.05, 3.63) is 33.9 Å². The van der Waals surface area contributed by atoms with Crippen molar-refractivity contribution in [2.45, 2.75) is 12.1 Å². The van der Waals surface area contributed by atoms with Crippen molar-refractivity contribution in [3.63, 3.8) is 0 Å². The molecule has 0 saturated heterocycles. The first-order valence-corrected chi connectivity index (χ1v) is 8.36. The van der Waals surface area contributed by atoms with Gasteiger partial charge in [0.1, 0.15) is 11.2 Å². The van der Waals surface area contributed by atoms with Crippen molar-refractivity contribution in [1.82, 2.24) is 19.8 Å². The van der Waals surface area contributed by atoms with E-state index in [2.05, 4.69) is 15.3 Å². The molecule has 3 aromatic heterocycles. The van der Waals surface area contributed by atoms with Crippen molar-refractivity contribution >= 4 is 34.6 Å². The summed E-state index contributed by atoms with van der Waals surface area (Å²) < 4.78 is 6.33.